The van der Waals surface area contributed by atoms with Crippen molar-refractivity contribution in [1.29, 1.82) is 0 Å². The van der Waals surface area contributed by atoms with Gasteiger partial charge in [-0.25, -0.2) is 9.37 Å². The minimum atomic E-state index is -0.284. The van der Waals surface area contributed by atoms with Crippen LogP contribution < -0.4 is 0 Å². The Bertz CT molecular complexity index is 1180. The lowest BCUT2D eigenvalue weighted by atomic mass is 10.0. The Hall–Kier alpha value is -2.73. The normalized spacial score (nSPS) is 19.6. The van der Waals surface area contributed by atoms with Gasteiger partial charge in [-0.15, -0.1) is 0 Å². The van der Waals surface area contributed by atoms with E-state index >= 15 is 0 Å². The fraction of sp³-hybridized carbons (Fsp3) is 0.500. The van der Waals surface area contributed by atoms with Gasteiger partial charge in [-0.2, -0.15) is 0 Å². The topological polar surface area (TPSA) is 37.2 Å². The Morgan fingerprint density at radius 2 is 2.03 bits per heavy atom. The highest BCUT2D eigenvalue weighted by Crippen LogP contribution is 2.32. The van der Waals surface area contributed by atoms with Crippen molar-refractivity contribution in [3.05, 3.63) is 59.9 Å². The van der Waals surface area contributed by atoms with E-state index in [2.05, 4.69) is 53.9 Å². The van der Waals surface area contributed by atoms with Crippen molar-refractivity contribution in [2.24, 2.45) is 11.8 Å². The summed E-state index contributed by atoms with van der Waals surface area (Å²) >= 11 is 0. The standard InChI is InChI=1S/C28H38FN5/c1-8-22(16-32(6)20(4)27-12-18(2)15-33(27)7)17-34-21(5)31-26-14-23(29)13-24(28(26)34)25-11-9-10-19(3)30-25/h9-11,13-14,18,22,27H,4,8,12,15-17H2,1-3,5-7H3. The number of nitrogens with zero attached hydrogens (tertiary/aromatic N) is 5. The van der Waals surface area contributed by atoms with Crippen LogP contribution in [0.15, 0.2) is 42.6 Å². The van der Waals surface area contributed by atoms with Gasteiger partial charge < -0.3 is 9.47 Å². The third-order valence-electron chi connectivity index (χ3n) is 7.34. The molecule has 0 aliphatic carbocycles. The number of imidazole rings is 1. The molecule has 182 valence electrons. The van der Waals surface area contributed by atoms with E-state index in [9.17, 15) is 4.39 Å². The minimum absolute atomic E-state index is 0.284. The average Bonchev–Trinajstić information content (AvgIpc) is 3.29. The van der Waals surface area contributed by atoms with Gasteiger partial charge in [-0.3, -0.25) is 9.88 Å². The Morgan fingerprint density at radius 1 is 1.26 bits per heavy atom. The summed E-state index contributed by atoms with van der Waals surface area (Å²) in [6.07, 6.45) is 2.20. The van der Waals surface area contributed by atoms with Gasteiger partial charge in [0.25, 0.3) is 0 Å². The van der Waals surface area contributed by atoms with Crippen LogP contribution in [0, 0.1) is 31.5 Å². The van der Waals surface area contributed by atoms with E-state index < -0.39 is 0 Å². The first-order valence-electron chi connectivity index (χ1n) is 12.4. The number of rotatable bonds is 8. The van der Waals surface area contributed by atoms with Crippen LogP contribution in [-0.4, -0.2) is 57.6 Å². The second kappa shape index (κ2) is 9.87. The summed E-state index contributed by atoms with van der Waals surface area (Å²) < 4.78 is 16.8. The molecule has 0 radical (unpaired) electrons. The zero-order valence-corrected chi connectivity index (χ0v) is 21.5. The fourth-order valence-corrected chi connectivity index (χ4v) is 5.44. The largest absolute Gasteiger partial charge is 0.377 e. The number of aromatic nitrogens is 3. The molecule has 0 saturated carbocycles. The maximum absolute atomic E-state index is 14.5. The molecule has 0 N–H and O–H groups in total. The predicted octanol–water partition coefficient (Wildman–Crippen LogP) is 5.67. The van der Waals surface area contributed by atoms with Crippen molar-refractivity contribution in [3.8, 4) is 11.3 Å². The van der Waals surface area contributed by atoms with Crippen LogP contribution in [0.25, 0.3) is 22.3 Å². The zero-order valence-electron chi connectivity index (χ0n) is 21.5. The molecule has 1 saturated heterocycles. The number of pyridine rings is 1. The van der Waals surface area contributed by atoms with Crippen LogP contribution in [0.1, 0.15) is 38.2 Å². The average molecular weight is 464 g/mol. The molecule has 3 atom stereocenters. The van der Waals surface area contributed by atoms with E-state index in [1.165, 1.54) is 18.2 Å². The molecule has 0 amide bonds. The first-order valence-corrected chi connectivity index (χ1v) is 12.4. The lowest BCUT2D eigenvalue weighted by Crippen LogP contribution is -2.36. The van der Waals surface area contributed by atoms with Gasteiger partial charge in [0.1, 0.15) is 11.6 Å². The number of fused-ring (bicyclic) bond motifs is 1. The predicted molar refractivity (Wildman–Crippen MR) is 138 cm³/mol. The smallest absolute Gasteiger partial charge is 0.126 e. The highest BCUT2D eigenvalue weighted by molar-refractivity contribution is 5.91. The molecule has 34 heavy (non-hydrogen) atoms. The van der Waals surface area contributed by atoms with E-state index in [1.807, 2.05) is 32.0 Å². The highest BCUT2D eigenvalue weighted by Gasteiger charge is 2.30. The second-order valence-corrected chi connectivity index (χ2v) is 10.2. The van der Waals surface area contributed by atoms with Crippen molar-refractivity contribution in [1.82, 2.24) is 24.3 Å². The molecular weight excluding hydrogens is 425 g/mol. The van der Waals surface area contributed by atoms with Crippen LogP contribution in [-0.2, 0) is 6.54 Å². The molecule has 1 fully saturated rings. The van der Waals surface area contributed by atoms with E-state index in [-0.39, 0.29) is 5.82 Å². The quantitative estimate of drug-likeness (QED) is 0.432. The monoisotopic (exact) mass is 463 g/mol. The molecule has 1 aliphatic heterocycles. The third kappa shape index (κ3) is 4.88. The van der Waals surface area contributed by atoms with Gasteiger partial charge in [0.15, 0.2) is 0 Å². The van der Waals surface area contributed by atoms with Gasteiger partial charge in [-0.1, -0.05) is 26.5 Å². The van der Waals surface area contributed by atoms with Gasteiger partial charge >= 0.3 is 0 Å². The van der Waals surface area contributed by atoms with Crippen molar-refractivity contribution in [2.45, 2.75) is 53.1 Å². The summed E-state index contributed by atoms with van der Waals surface area (Å²) in [7, 11) is 4.36. The number of hydrogen-bond acceptors (Lipinski definition) is 4. The number of aryl methyl sites for hydroxylation is 2. The number of likely N-dealkylation sites (tertiary alicyclic amines) is 1. The van der Waals surface area contributed by atoms with E-state index in [0.717, 1.165) is 54.3 Å². The van der Waals surface area contributed by atoms with Crippen molar-refractivity contribution in [3.63, 3.8) is 0 Å². The van der Waals surface area contributed by atoms with Gasteiger partial charge in [0.2, 0.25) is 0 Å². The van der Waals surface area contributed by atoms with E-state index in [1.54, 1.807) is 6.07 Å². The van der Waals surface area contributed by atoms with Crippen LogP contribution in [0.5, 0.6) is 0 Å². The summed E-state index contributed by atoms with van der Waals surface area (Å²) in [6, 6.07) is 9.41. The Balaban J connectivity index is 1.63. The molecule has 4 rings (SSSR count). The van der Waals surface area contributed by atoms with Crippen LogP contribution in [0.2, 0.25) is 0 Å². The molecule has 1 aliphatic rings. The number of likely N-dealkylation sites (N-methyl/N-ethyl adjacent to an activating group) is 2. The summed E-state index contributed by atoms with van der Waals surface area (Å²) in [5.41, 5.74) is 5.34. The molecule has 5 nitrogen and oxygen atoms in total. The van der Waals surface area contributed by atoms with Crippen molar-refractivity contribution in [2.75, 3.05) is 27.2 Å². The molecule has 3 heterocycles. The van der Waals surface area contributed by atoms with E-state index in [0.29, 0.717) is 23.4 Å². The van der Waals surface area contributed by atoms with E-state index in [4.69, 9.17) is 4.98 Å². The highest BCUT2D eigenvalue weighted by atomic mass is 19.1. The molecular formula is C28H38FN5. The number of benzene rings is 1. The van der Waals surface area contributed by atoms with Gasteiger partial charge in [-0.05, 0) is 63.8 Å². The van der Waals surface area contributed by atoms with Crippen molar-refractivity contribution < 1.29 is 4.39 Å². The SMILES string of the molecule is C=C(C1CC(C)CN1C)N(C)CC(CC)Cn1c(C)nc2cc(F)cc(-c3cccc(C)n3)c21. The molecule has 3 unspecified atom stereocenters. The summed E-state index contributed by atoms with van der Waals surface area (Å²) in [6.45, 7) is 15.8. The first kappa shape index (κ1) is 24.4. The lowest BCUT2D eigenvalue weighted by Gasteiger charge is -2.32. The summed E-state index contributed by atoms with van der Waals surface area (Å²) in [5, 5.41) is 0. The molecule has 1 aromatic carbocycles. The maximum Gasteiger partial charge on any atom is 0.126 e. The first-order chi connectivity index (χ1) is 16.2. The fourth-order valence-electron chi connectivity index (χ4n) is 5.44. The lowest BCUT2D eigenvalue weighted by molar-refractivity contribution is 0.244. The van der Waals surface area contributed by atoms with Crippen LogP contribution in [0.3, 0.4) is 0 Å². The Labute approximate surface area is 203 Å². The molecule has 6 heteroatoms. The minimum Gasteiger partial charge on any atom is -0.377 e. The van der Waals surface area contributed by atoms with Gasteiger partial charge in [0.05, 0.1) is 16.7 Å². The zero-order chi connectivity index (χ0) is 24.6. The molecule has 0 bridgehead atoms. The second-order valence-electron chi connectivity index (χ2n) is 10.2. The molecule has 3 aromatic rings. The summed E-state index contributed by atoms with van der Waals surface area (Å²) in [5.74, 6) is 1.73. The van der Waals surface area contributed by atoms with Gasteiger partial charge in [0, 0.05) is 55.7 Å². The van der Waals surface area contributed by atoms with Crippen molar-refractivity contribution >= 4 is 11.0 Å². The maximum atomic E-state index is 14.5. The Morgan fingerprint density at radius 3 is 2.68 bits per heavy atom. The summed E-state index contributed by atoms with van der Waals surface area (Å²) in [4.78, 5) is 14.2. The van der Waals surface area contributed by atoms with Crippen LogP contribution >= 0.6 is 0 Å². The Kier molecular flexibility index (Phi) is 7.08. The third-order valence-corrected chi connectivity index (χ3v) is 7.34. The molecule has 0 spiro atoms. The van der Waals surface area contributed by atoms with Crippen LogP contribution in [0.4, 0.5) is 4.39 Å². The number of hydrogen-bond donors (Lipinski definition) is 0. The molecule has 2 aromatic heterocycles. The number of halogens is 1.